The van der Waals surface area contributed by atoms with E-state index in [1.807, 2.05) is 88.4 Å². The van der Waals surface area contributed by atoms with Crippen LogP contribution in [0.25, 0.3) is 10.9 Å². The zero-order chi connectivity index (χ0) is 22.1. The number of H-pyrrole nitrogens is 1. The number of aromatic nitrogens is 1. The Bertz CT molecular complexity index is 1330. The summed E-state index contributed by atoms with van der Waals surface area (Å²) in [6.45, 7) is 8.19. The summed E-state index contributed by atoms with van der Waals surface area (Å²) in [5.41, 5.74) is 6.88. The molecular formula is C27H26N2O2. The molecule has 0 spiro atoms. The van der Waals surface area contributed by atoms with Gasteiger partial charge in [-0.3, -0.25) is 9.59 Å². The number of rotatable bonds is 4. The Morgan fingerprint density at radius 1 is 0.806 bits per heavy atom. The molecule has 0 aliphatic rings. The van der Waals surface area contributed by atoms with Crippen molar-refractivity contribution >= 4 is 22.5 Å². The van der Waals surface area contributed by atoms with Crippen LogP contribution in [-0.4, -0.2) is 10.9 Å². The minimum atomic E-state index is -0.176. The standard InChI is InChI=1S/C27H26N2O2/c1-17-5-9-21(10-6-17)27(31)29(25-12-8-18(2)13-20(25)4)16-23-15-22-11-7-19(3)14-24(22)28-26(23)30/h5-15H,16H2,1-4H3,(H,28,30). The van der Waals surface area contributed by atoms with Gasteiger partial charge < -0.3 is 9.88 Å². The Labute approximate surface area is 182 Å². The van der Waals surface area contributed by atoms with E-state index < -0.39 is 0 Å². The largest absolute Gasteiger partial charge is 0.322 e. The van der Waals surface area contributed by atoms with Crippen molar-refractivity contribution in [3.05, 3.63) is 110 Å². The SMILES string of the molecule is Cc1ccc(C(=O)N(Cc2cc3ccc(C)cc3[nH]c2=O)c2ccc(C)cc2C)cc1. The molecule has 1 amide bonds. The highest BCUT2D eigenvalue weighted by atomic mass is 16.2. The molecule has 0 unspecified atom stereocenters. The molecule has 0 saturated carbocycles. The van der Waals surface area contributed by atoms with Gasteiger partial charge in [0.05, 0.1) is 6.54 Å². The van der Waals surface area contributed by atoms with E-state index in [4.69, 9.17) is 0 Å². The fourth-order valence-electron chi connectivity index (χ4n) is 3.87. The number of aryl methyl sites for hydroxylation is 4. The Kier molecular flexibility index (Phi) is 5.47. The van der Waals surface area contributed by atoms with Crippen molar-refractivity contribution in [2.75, 3.05) is 4.90 Å². The van der Waals surface area contributed by atoms with Crippen LogP contribution in [0.3, 0.4) is 0 Å². The highest BCUT2D eigenvalue weighted by Crippen LogP contribution is 2.25. The van der Waals surface area contributed by atoms with E-state index in [-0.39, 0.29) is 18.0 Å². The second-order valence-electron chi connectivity index (χ2n) is 8.26. The first-order valence-electron chi connectivity index (χ1n) is 10.4. The quantitative estimate of drug-likeness (QED) is 0.475. The number of anilines is 1. The fourth-order valence-corrected chi connectivity index (χ4v) is 3.87. The molecule has 0 fully saturated rings. The molecule has 1 N–H and O–H groups in total. The molecule has 1 aromatic heterocycles. The van der Waals surface area contributed by atoms with Crippen molar-refractivity contribution in [3.8, 4) is 0 Å². The first-order chi connectivity index (χ1) is 14.8. The molecule has 4 nitrogen and oxygen atoms in total. The van der Waals surface area contributed by atoms with Gasteiger partial charge in [-0.25, -0.2) is 0 Å². The van der Waals surface area contributed by atoms with Gasteiger partial charge in [0.25, 0.3) is 11.5 Å². The van der Waals surface area contributed by atoms with Crippen molar-refractivity contribution in [2.45, 2.75) is 34.2 Å². The number of fused-ring (bicyclic) bond motifs is 1. The van der Waals surface area contributed by atoms with Gasteiger partial charge in [-0.1, -0.05) is 47.5 Å². The summed E-state index contributed by atoms with van der Waals surface area (Å²) in [6.07, 6.45) is 0. The Morgan fingerprint density at radius 3 is 2.16 bits per heavy atom. The summed E-state index contributed by atoms with van der Waals surface area (Å²) in [7, 11) is 0. The van der Waals surface area contributed by atoms with E-state index in [1.54, 1.807) is 4.90 Å². The zero-order valence-electron chi connectivity index (χ0n) is 18.3. The Balaban J connectivity index is 1.81. The average Bonchev–Trinajstić information content (AvgIpc) is 2.73. The molecule has 156 valence electrons. The number of aromatic amines is 1. The molecule has 0 aliphatic carbocycles. The number of hydrogen-bond donors (Lipinski definition) is 1. The number of carbonyl (C=O) groups excluding carboxylic acids is 1. The number of nitrogens with one attached hydrogen (secondary N) is 1. The lowest BCUT2D eigenvalue weighted by Crippen LogP contribution is -2.33. The van der Waals surface area contributed by atoms with Crippen LogP contribution in [0.1, 0.15) is 38.2 Å². The molecule has 0 atom stereocenters. The lowest BCUT2D eigenvalue weighted by molar-refractivity contribution is 0.0985. The number of carbonyl (C=O) groups is 1. The van der Waals surface area contributed by atoms with Crippen LogP contribution >= 0.6 is 0 Å². The van der Waals surface area contributed by atoms with E-state index in [1.165, 1.54) is 0 Å². The predicted octanol–water partition coefficient (Wildman–Crippen LogP) is 5.61. The highest BCUT2D eigenvalue weighted by Gasteiger charge is 2.21. The second kappa shape index (κ2) is 8.23. The van der Waals surface area contributed by atoms with Gasteiger partial charge in [-0.15, -0.1) is 0 Å². The van der Waals surface area contributed by atoms with Gasteiger partial charge in [-0.05, 0) is 74.5 Å². The molecule has 0 saturated heterocycles. The molecule has 0 radical (unpaired) electrons. The van der Waals surface area contributed by atoms with E-state index in [9.17, 15) is 9.59 Å². The molecule has 31 heavy (non-hydrogen) atoms. The van der Waals surface area contributed by atoms with Crippen molar-refractivity contribution < 1.29 is 4.79 Å². The molecule has 4 rings (SSSR count). The number of benzene rings is 3. The van der Waals surface area contributed by atoms with E-state index in [0.29, 0.717) is 11.1 Å². The topological polar surface area (TPSA) is 53.2 Å². The number of nitrogens with zero attached hydrogens (tertiary/aromatic N) is 1. The molecule has 1 heterocycles. The summed E-state index contributed by atoms with van der Waals surface area (Å²) in [6, 6.07) is 21.4. The molecular weight excluding hydrogens is 384 g/mol. The Hall–Kier alpha value is -3.66. The number of hydrogen-bond acceptors (Lipinski definition) is 2. The smallest absolute Gasteiger partial charge is 0.258 e. The van der Waals surface area contributed by atoms with Crippen molar-refractivity contribution in [3.63, 3.8) is 0 Å². The summed E-state index contributed by atoms with van der Waals surface area (Å²) < 4.78 is 0. The molecule has 0 aliphatic heterocycles. The molecule has 0 bridgehead atoms. The molecule has 4 heteroatoms. The van der Waals surface area contributed by atoms with Gasteiger partial charge in [0, 0.05) is 22.3 Å². The van der Waals surface area contributed by atoms with Gasteiger partial charge >= 0.3 is 0 Å². The van der Waals surface area contributed by atoms with Crippen LogP contribution in [0, 0.1) is 27.7 Å². The third-order valence-corrected chi connectivity index (χ3v) is 5.59. The maximum Gasteiger partial charge on any atom is 0.258 e. The molecule has 4 aromatic rings. The lowest BCUT2D eigenvalue weighted by Gasteiger charge is -2.25. The van der Waals surface area contributed by atoms with Crippen LogP contribution in [0.5, 0.6) is 0 Å². The normalized spacial score (nSPS) is 11.0. The summed E-state index contributed by atoms with van der Waals surface area (Å²) in [5, 5.41) is 0.948. The average molecular weight is 411 g/mol. The number of pyridine rings is 1. The monoisotopic (exact) mass is 410 g/mol. The van der Waals surface area contributed by atoms with Gasteiger partial charge in [0.2, 0.25) is 0 Å². The highest BCUT2D eigenvalue weighted by molar-refractivity contribution is 6.06. The van der Waals surface area contributed by atoms with Gasteiger partial charge in [-0.2, -0.15) is 0 Å². The van der Waals surface area contributed by atoms with Crippen molar-refractivity contribution in [2.24, 2.45) is 0 Å². The first-order valence-corrected chi connectivity index (χ1v) is 10.4. The third kappa shape index (κ3) is 4.29. The Morgan fingerprint density at radius 2 is 1.45 bits per heavy atom. The van der Waals surface area contributed by atoms with Gasteiger partial charge in [0.15, 0.2) is 0 Å². The van der Waals surface area contributed by atoms with Crippen molar-refractivity contribution in [1.82, 2.24) is 4.98 Å². The summed E-state index contributed by atoms with van der Waals surface area (Å²) >= 11 is 0. The maximum atomic E-state index is 13.5. The maximum absolute atomic E-state index is 13.5. The van der Waals surface area contributed by atoms with Crippen LogP contribution < -0.4 is 10.5 Å². The van der Waals surface area contributed by atoms with Gasteiger partial charge in [0.1, 0.15) is 0 Å². The predicted molar refractivity (Wildman–Crippen MR) is 127 cm³/mol. The first kappa shape index (κ1) is 20.6. The van der Waals surface area contributed by atoms with Crippen LogP contribution in [0.4, 0.5) is 5.69 Å². The second-order valence-corrected chi connectivity index (χ2v) is 8.26. The lowest BCUT2D eigenvalue weighted by atomic mass is 10.1. The minimum absolute atomic E-state index is 0.129. The van der Waals surface area contributed by atoms with Crippen molar-refractivity contribution in [1.29, 1.82) is 0 Å². The molecule has 3 aromatic carbocycles. The van der Waals surface area contributed by atoms with Crippen LogP contribution in [-0.2, 0) is 6.54 Å². The van der Waals surface area contributed by atoms with E-state index >= 15 is 0 Å². The third-order valence-electron chi connectivity index (χ3n) is 5.59. The fraction of sp³-hybridized carbons (Fsp3) is 0.185. The minimum Gasteiger partial charge on any atom is -0.322 e. The van der Waals surface area contributed by atoms with Crippen LogP contribution in [0.2, 0.25) is 0 Å². The van der Waals surface area contributed by atoms with E-state index in [2.05, 4.69) is 11.1 Å². The number of amides is 1. The van der Waals surface area contributed by atoms with Crippen LogP contribution in [0.15, 0.2) is 71.5 Å². The van der Waals surface area contributed by atoms with E-state index in [0.717, 1.165) is 38.8 Å². The summed E-state index contributed by atoms with van der Waals surface area (Å²) in [4.78, 5) is 31.1. The summed E-state index contributed by atoms with van der Waals surface area (Å²) in [5.74, 6) is -0.129. The zero-order valence-corrected chi connectivity index (χ0v) is 18.3.